The summed E-state index contributed by atoms with van der Waals surface area (Å²) in [7, 11) is 1.98. The summed E-state index contributed by atoms with van der Waals surface area (Å²) < 4.78 is 1.89. The molecule has 18 heavy (non-hydrogen) atoms. The molecule has 1 N–H and O–H groups in total. The van der Waals surface area contributed by atoms with Crippen LogP contribution in [0.5, 0.6) is 0 Å². The molecule has 0 aromatic carbocycles. The normalized spacial score (nSPS) is 23.2. The molecule has 0 unspecified atom stereocenters. The van der Waals surface area contributed by atoms with Crippen LogP contribution in [0.2, 0.25) is 0 Å². The Hall–Kier alpha value is -0.910. The summed E-state index contributed by atoms with van der Waals surface area (Å²) in [5.74, 6) is 0. The van der Waals surface area contributed by atoms with E-state index < -0.39 is 0 Å². The van der Waals surface area contributed by atoms with Crippen LogP contribution in [-0.4, -0.2) is 71.4 Å². The van der Waals surface area contributed by atoms with Gasteiger partial charge in [-0.1, -0.05) is 0 Å². The van der Waals surface area contributed by atoms with Gasteiger partial charge < -0.3 is 10.2 Å². The topological polar surface area (TPSA) is 36.3 Å². The molecule has 0 saturated carbocycles. The summed E-state index contributed by atoms with van der Waals surface area (Å²) in [5, 5.41) is 7.57. The number of hydrogen-bond acceptors (Lipinski definition) is 4. The highest BCUT2D eigenvalue weighted by Crippen LogP contribution is 2.10. The maximum absolute atomic E-state index is 4.22. The molecule has 2 aliphatic rings. The van der Waals surface area contributed by atoms with Gasteiger partial charge >= 0.3 is 0 Å². The van der Waals surface area contributed by atoms with Gasteiger partial charge in [-0.2, -0.15) is 5.10 Å². The number of nitrogens with zero attached hydrogens (tertiary/aromatic N) is 4. The van der Waals surface area contributed by atoms with E-state index in [1.54, 1.807) is 0 Å². The molecule has 1 aromatic rings. The van der Waals surface area contributed by atoms with Crippen LogP contribution in [0.1, 0.15) is 5.56 Å². The molecular formula is C13H23N5. The second kappa shape index (κ2) is 5.38. The minimum atomic E-state index is 0.811. The number of hydrogen-bond donors (Lipinski definition) is 1. The van der Waals surface area contributed by atoms with E-state index >= 15 is 0 Å². The first kappa shape index (κ1) is 12.1. The summed E-state index contributed by atoms with van der Waals surface area (Å²) in [6.45, 7) is 8.46. The van der Waals surface area contributed by atoms with Crippen molar-refractivity contribution in [3.8, 4) is 0 Å². The van der Waals surface area contributed by atoms with Gasteiger partial charge in [0, 0.05) is 65.1 Å². The van der Waals surface area contributed by atoms with Gasteiger partial charge in [0.1, 0.15) is 0 Å². The average Bonchev–Trinajstić information content (AvgIpc) is 2.72. The van der Waals surface area contributed by atoms with Gasteiger partial charge in [0.25, 0.3) is 0 Å². The first-order valence-electron chi connectivity index (χ1n) is 6.96. The lowest BCUT2D eigenvalue weighted by molar-refractivity contribution is 0.0734. The average molecular weight is 249 g/mol. The number of aryl methyl sites for hydroxylation is 1. The zero-order chi connectivity index (χ0) is 12.4. The smallest absolute Gasteiger partial charge is 0.0522 e. The zero-order valence-corrected chi connectivity index (χ0v) is 11.2. The number of aromatic nitrogens is 2. The fourth-order valence-electron chi connectivity index (χ4n) is 2.77. The largest absolute Gasteiger partial charge is 0.314 e. The standard InChI is InChI=1S/C13H23N5/c1-16-11-12(8-15-16)2-3-17-4-6-18(7-5-17)13-9-14-10-13/h8,11,13-14H,2-7,9-10H2,1H3. The molecule has 3 heterocycles. The predicted octanol–water partition coefficient (Wildman–Crippen LogP) is -0.448. The van der Waals surface area contributed by atoms with Gasteiger partial charge in [-0.3, -0.25) is 9.58 Å². The summed E-state index contributed by atoms with van der Waals surface area (Å²) in [6.07, 6.45) is 5.23. The SMILES string of the molecule is Cn1cc(CCN2CCN(C3CNC3)CC2)cn1. The first-order valence-corrected chi connectivity index (χ1v) is 6.96. The number of piperazine rings is 1. The van der Waals surface area contributed by atoms with Gasteiger partial charge in [0.05, 0.1) is 6.20 Å². The Morgan fingerprint density at radius 2 is 2.06 bits per heavy atom. The highest BCUT2D eigenvalue weighted by atomic mass is 15.3. The van der Waals surface area contributed by atoms with Crippen molar-refractivity contribution >= 4 is 0 Å². The van der Waals surface area contributed by atoms with Crippen LogP contribution in [0.3, 0.4) is 0 Å². The molecule has 0 spiro atoms. The fraction of sp³-hybridized carbons (Fsp3) is 0.769. The lowest BCUT2D eigenvalue weighted by Gasteiger charge is -2.43. The van der Waals surface area contributed by atoms with Crippen molar-refractivity contribution in [3.05, 3.63) is 18.0 Å². The Morgan fingerprint density at radius 3 is 2.61 bits per heavy atom. The van der Waals surface area contributed by atoms with E-state index in [9.17, 15) is 0 Å². The van der Waals surface area contributed by atoms with E-state index in [0.717, 1.165) is 12.5 Å². The molecule has 2 aliphatic heterocycles. The molecule has 100 valence electrons. The van der Waals surface area contributed by atoms with Crippen LogP contribution < -0.4 is 5.32 Å². The Bertz CT molecular complexity index is 376. The van der Waals surface area contributed by atoms with E-state index in [0.29, 0.717) is 0 Å². The van der Waals surface area contributed by atoms with Gasteiger partial charge in [0.2, 0.25) is 0 Å². The molecule has 0 amide bonds. The summed E-state index contributed by atoms with van der Waals surface area (Å²) in [4.78, 5) is 5.21. The van der Waals surface area contributed by atoms with E-state index in [-0.39, 0.29) is 0 Å². The van der Waals surface area contributed by atoms with Crippen LogP contribution in [0, 0.1) is 0 Å². The molecule has 2 saturated heterocycles. The van der Waals surface area contributed by atoms with Crippen LogP contribution in [0.15, 0.2) is 12.4 Å². The van der Waals surface area contributed by atoms with Crippen LogP contribution in [0.25, 0.3) is 0 Å². The van der Waals surface area contributed by atoms with E-state index in [1.165, 1.54) is 51.4 Å². The lowest BCUT2D eigenvalue weighted by atomic mass is 10.1. The van der Waals surface area contributed by atoms with Crippen LogP contribution >= 0.6 is 0 Å². The molecule has 3 rings (SSSR count). The summed E-state index contributed by atoms with van der Waals surface area (Å²) in [6, 6.07) is 0.811. The summed E-state index contributed by atoms with van der Waals surface area (Å²) >= 11 is 0. The molecular weight excluding hydrogens is 226 g/mol. The maximum Gasteiger partial charge on any atom is 0.0522 e. The first-order chi connectivity index (χ1) is 8.81. The summed E-state index contributed by atoms with van der Waals surface area (Å²) in [5.41, 5.74) is 1.35. The highest BCUT2D eigenvalue weighted by molar-refractivity contribution is 5.04. The van der Waals surface area contributed by atoms with Crippen LogP contribution in [0.4, 0.5) is 0 Å². The molecule has 2 fully saturated rings. The van der Waals surface area contributed by atoms with Crippen molar-refractivity contribution in [1.29, 1.82) is 0 Å². The van der Waals surface area contributed by atoms with Crippen molar-refractivity contribution in [2.24, 2.45) is 7.05 Å². The maximum atomic E-state index is 4.22. The second-order valence-corrected chi connectivity index (χ2v) is 5.46. The Kier molecular flexibility index (Phi) is 3.63. The Labute approximate surface area is 109 Å². The van der Waals surface area contributed by atoms with Crippen LogP contribution in [-0.2, 0) is 13.5 Å². The monoisotopic (exact) mass is 249 g/mol. The molecule has 0 radical (unpaired) electrons. The van der Waals surface area contributed by atoms with Gasteiger partial charge in [-0.05, 0) is 12.0 Å². The Balaban J connectivity index is 1.40. The van der Waals surface area contributed by atoms with E-state index in [1.807, 2.05) is 17.9 Å². The predicted molar refractivity (Wildman–Crippen MR) is 71.6 cm³/mol. The highest BCUT2D eigenvalue weighted by Gasteiger charge is 2.27. The third-order valence-electron chi connectivity index (χ3n) is 4.16. The lowest BCUT2D eigenvalue weighted by Crippen LogP contribution is -2.61. The quantitative estimate of drug-likeness (QED) is 0.784. The minimum Gasteiger partial charge on any atom is -0.314 e. The third kappa shape index (κ3) is 2.74. The molecule has 0 bridgehead atoms. The van der Waals surface area contributed by atoms with Gasteiger partial charge in [0.15, 0.2) is 0 Å². The molecule has 1 aromatic heterocycles. The van der Waals surface area contributed by atoms with E-state index in [2.05, 4.69) is 26.4 Å². The second-order valence-electron chi connectivity index (χ2n) is 5.46. The van der Waals surface area contributed by atoms with Crippen molar-refractivity contribution in [2.75, 3.05) is 45.8 Å². The van der Waals surface area contributed by atoms with E-state index in [4.69, 9.17) is 0 Å². The fourth-order valence-corrected chi connectivity index (χ4v) is 2.77. The van der Waals surface area contributed by atoms with Crippen molar-refractivity contribution in [3.63, 3.8) is 0 Å². The third-order valence-corrected chi connectivity index (χ3v) is 4.16. The molecule has 5 heteroatoms. The van der Waals surface area contributed by atoms with Gasteiger partial charge in [-0.25, -0.2) is 0 Å². The molecule has 0 aliphatic carbocycles. The zero-order valence-electron chi connectivity index (χ0n) is 11.2. The van der Waals surface area contributed by atoms with Gasteiger partial charge in [-0.15, -0.1) is 0 Å². The minimum absolute atomic E-state index is 0.811. The molecule has 0 atom stereocenters. The Morgan fingerprint density at radius 1 is 1.28 bits per heavy atom. The number of rotatable bonds is 4. The number of nitrogens with one attached hydrogen (secondary N) is 1. The van der Waals surface area contributed by atoms with Crippen molar-refractivity contribution in [1.82, 2.24) is 24.9 Å². The molecule has 5 nitrogen and oxygen atoms in total. The van der Waals surface area contributed by atoms with Crippen molar-refractivity contribution in [2.45, 2.75) is 12.5 Å². The van der Waals surface area contributed by atoms with Crippen molar-refractivity contribution < 1.29 is 0 Å².